The highest BCUT2D eigenvalue weighted by Crippen LogP contribution is 2.24. The Balaban J connectivity index is 2.19. The first kappa shape index (κ1) is 14.2. The number of rotatable bonds is 4. The second-order valence-corrected chi connectivity index (χ2v) is 4.48. The van der Waals surface area contributed by atoms with Crippen LogP contribution in [0.4, 0.5) is 5.69 Å². The van der Waals surface area contributed by atoms with Gasteiger partial charge in [-0.05, 0) is 18.2 Å². The molecule has 0 fully saturated rings. The number of methoxy groups -OCH3 is 1. The molecule has 3 N–H and O–H groups in total. The van der Waals surface area contributed by atoms with E-state index in [1.165, 1.54) is 26.3 Å². The van der Waals surface area contributed by atoms with Gasteiger partial charge in [0.2, 0.25) is 5.91 Å². The summed E-state index contributed by atoms with van der Waals surface area (Å²) in [4.78, 5) is 36.3. The first-order valence-electron chi connectivity index (χ1n) is 5.97. The van der Waals surface area contributed by atoms with Crippen molar-refractivity contribution >= 4 is 23.4 Å². The zero-order chi connectivity index (χ0) is 14.9. The van der Waals surface area contributed by atoms with E-state index in [4.69, 9.17) is 10.5 Å². The number of nitrogens with two attached hydrogens (primary N) is 1. The number of carbonyl (C=O) groups is 3. The van der Waals surface area contributed by atoms with Crippen LogP contribution in [0, 0.1) is 0 Å². The Bertz CT molecular complexity index is 585. The van der Waals surface area contributed by atoms with Gasteiger partial charge in [0, 0.05) is 19.8 Å². The van der Waals surface area contributed by atoms with Crippen LogP contribution in [0.3, 0.4) is 0 Å². The van der Waals surface area contributed by atoms with Gasteiger partial charge in [-0.3, -0.25) is 19.3 Å². The lowest BCUT2D eigenvalue weighted by atomic mass is 10.1. The molecule has 20 heavy (non-hydrogen) atoms. The minimum Gasteiger partial charge on any atom is -0.383 e. The number of carbonyl (C=O) groups excluding carboxylic acids is 3. The molecular weight excluding hydrogens is 262 g/mol. The Kier molecular flexibility index (Phi) is 3.82. The first-order valence-corrected chi connectivity index (χ1v) is 5.97. The molecule has 3 amide bonds. The highest BCUT2D eigenvalue weighted by molar-refractivity contribution is 6.21. The van der Waals surface area contributed by atoms with E-state index in [0.29, 0.717) is 11.3 Å². The molecule has 0 radical (unpaired) electrons. The quantitative estimate of drug-likeness (QED) is 0.744. The Labute approximate surface area is 115 Å². The Morgan fingerprint density at radius 3 is 2.65 bits per heavy atom. The summed E-state index contributed by atoms with van der Waals surface area (Å²) in [5.41, 5.74) is 6.61. The van der Waals surface area contributed by atoms with Crippen molar-refractivity contribution in [2.75, 3.05) is 26.1 Å². The summed E-state index contributed by atoms with van der Waals surface area (Å²) in [5.74, 6) is -1.15. The van der Waals surface area contributed by atoms with Gasteiger partial charge in [0.05, 0.1) is 17.7 Å². The highest BCUT2D eigenvalue weighted by atomic mass is 16.5. The molecule has 0 bridgehead atoms. The third-order valence-corrected chi connectivity index (χ3v) is 3.04. The molecule has 7 heteroatoms. The highest BCUT2D eigenvalue weighted by Gasteiger charge is 2.32. The van der Waals surface area contributed by atoms with Gasteiger partial charge >= 0.3 is 0 Å². The van der Waals surface area contributed by atoms with Gasteiger partial charge in [-0.15, -0.1) is 0 Å². The fourth-order valence-corrected chi connectivity index (χ4v) is 1.93. The minimum atomic E-state index is -0.798. The van der Waals surface area contributed by atoms with Crippen molar-refractivity contribution in [2.45, 2.75) is 6.04 Å². The van der Waals surface area contributed by atoms with E-state index >= 15 is 0 Å². The Hall–Kier alpha value is -2.25. The third-order valence-electron chi connectivity index (χ3n) is 3.04. The van der Waals surface area contributed by atoms with Crippen LogP contribution in [0.15, 0.2) is 18.2 Å². The number of amides is 3. The molecule has 1 unspecified atom stereocenters. The number of hydrogen-bond acceptors (Lipinski definition) is 5. The number of nitrogens with one attached hydrogen (secondary N) is 1. The van der Waals surface area contributed by atoms with E-state index in [9.17, 15) is 14.4 Å². The van der Waals surface area contributed by atoms with Crippen molar-refractivity contribution in [3.05, 3.63) is 29.3 Å². The van der Waals surface area contributed by atoms with Crippen LogP contribution in [0.25, 0.3) is 0 Å². The summed E-state index contributed by atoms with van der Waals surface area (Å²) in [7, 11) is 2.86. The molecule has 2 rings (SSSR count). The zero-order valence-corrected chi connectivity index (χ0v) is 11.2. The summed E-state index contributed by atoms with van der Waals surface area (Å²) in [6, 6.07) is 3.74. The Morgan fingerprint density at radius 2 is 2.00 bits per heavy atom. The van der Waals surface area contributed by atoms with Gasteiger partial charge in [0.25, 0.3) is 11.8 Å². The molecular formula is C13H15N3O4. The van der Waals surface area contributed by atoms with Crippen LogP contribution < -0.4 is 11.1 Å². The maximum Gasteiger partial charge on any atom is 0.261 e. The zero-order valence-electron chi connectivity index (χ0n) is 11.2. The maximum atomic E-state index is 11.8. The van der Waals surface area contributed by atoms with Crippen molar-refractivity contribution in [1.82, 2.24) is 4.90 Å². The molecule has 106 valence electrons. The van der Waals surface area contributed by atoms with Crippen molar-refractivity contribution in [2.24, 2.45) is 5.73 Å². The number of nitrogens with zero attached hydrogens (tertiary/aromatic N) is 1. The van der Waals surface area contributed by atoms with Crippen LogP contribution >= 0.6 is 0 Å². The molecule has 0 saturated carbocycles. The molecule has 1 aliphatic rings. The second kappa shape index (κ2) is 5.40. The molecule has 7 nitrogen and oxygen atoms in total. The van der Waals surface area contributed by atoms with Crippen LogP contribution in [0.2, 0.25) is 0 Å². The predicted molar refractivity (Wildman–Crippen MR) is 71.3 cm³/mol. The molecule has 1 atom stereocenters. The maximum absolute atomic E-state index is 11.8. The first-order chi connectivity index (χ1) is 9.45. The largest absolute Gasteiger partial charge is 0.383 e. The fraction of sp³-hybridized carbons (Fsp3) is 0.308. The molecule has 1 heterocycles. The van der Waals surface area contributed by atoms with Crippen molar-refractivity contribution in [1.29, 1.82) is 0 Å². The van der Waals surface area contributed by atoms with Crippen molar-refractivity contribution in [3.8, 4) is 0 Å². The lowest BCUT2D eigenvalue weighted by Crippen LogP contribution is -2.39. The minimum absolute atomic E-state index is 0.0942. The molecule has 0 aromatic heterocycles. The van der Waals surface area contributed by atoms with E-state index in [-0.39, 0.29) is 24.0 Å². The second-order valence-electron chi connectivity index (χ2n) is 4.48. The summed E-state index contributed by atoms with van der Waals surface area (Å²) < 4.78 is 4.79. The van der Waals surface area contributed by atoms with Crippen LogP contribution in [-0.2, 0) is 9.53 Å². The molecule has 1 aromatic rings. The average Bonchev–Trinajstić information content (AvgIpc) is 2.64. The van der Waals surface area contributed by atoms with Gasteiger partial charge < -0.3 is 15.8 Å². The topological polar surface area (TPSA) is 102 Å². The van der Waals surface area contributed by atoms with Crippen LogP contribution in [-0.4, -0.2) is 49.4 Å². The summed E-state index contributed by atoms with van der Waals surface area (Å²) in [6.45, 7) is 0.0942. The third kappa shape index (κ3) is 2.40. The number of fused-ring (bicyclic) bond motifs is 1. The normalized spacial score (nSPS) is 15.2. The molecule has 1 aromatic carbocycles. The SMILES string of the molecule is COCC(N)C(=O)Nc1ccc2c(c1)C(=O)N(C)C2=O. The van der Waals surface area contributed by atoms with Crippen molar-refractivity contribution < 1.29 is 19.1 Å². The van der Waals surface area contributed by atoms with Gasteiger partial charge in [-0.2, -0.15) is 0 Å². The molecule has 0 spiro atoms. The number of anilines is 1. The van der Waals surface area contributed by atoms with Crippen molar-refractivity contribution in [3.63, 3.8) is 0 Å². The van der Waals surface area contributed by atoms with Crippen LogP contribution in [0.1, 0.15) is 20.7 Å². The van der Waals surface area contributed by atoms with Gasteiger partial charge in [0.15, 0.2) is 0 Å². The van der Waals surface area contributed by atoms with Gasteiger partial charge in [-0.25, -0.2) is 0 Å². The summed E-state index contributed by atoms with van der Waals surface area (Å²) in [6.07, 6.45) is 0. The molecule has 1 aliphatic heterocycles. The van der Waals surface area contributed by atoms with E-state index < -0.39 is 11.9 Å². The van der Waals surface area contributed by atoms with E-state index in [1.54, 1.807) is 6.07 Å². The van der Waals surface area contributed by atoms with Gasteiger partial charge in [0.1, 0.15) is 6.04 Å². The smallest absolute Gasteiger partial charge is 0.261 e. The van der Waals surface area contributed by atoms with E-state index in [1.807, 2.05) is 0 Å². The lowest BCUT2D eigenvalue weighted by molar-refractivity contribution is -0.118. The summed E-state index contributed by atoms with van der Waals surface area (Å²) >= 11 is 0. The van der Waals surface area contributed by atoms with Gasteiger partial charge in [-0.1, -0.05) is 0 Å². The number of hydrogen-bond donors (Lipinski definition) is 2. The predicted octanol–water partition coefficient (Wildman–Crippen LogP) is -0.175. The number of benzene rings is 1. The van der Waals surface area contributed by atoms with E-state index in [0.717, 1.165) is 4.90 Å². The standard InChI is InChI=1S/C13H15N3O4/c1-16-12(18)8-4-3-7(5-9(8)13(16)19)15-11(17)10(14)6-20-2/h3-5,10H,6,14H2,1-2H3,(H,15,17). The van der Waals surface area contributed by atoms with E-state index in [2.05, 4.69) is 5.32 Å². The number of ether oxygens (including phenoxy) is 1. The monoisotopic (exact) mass is 277 g/mol. The molecule has 0 saturated heterocycles. The number of imide groups is 1. The summed E-state index contributed by atoms with van der Waals surface area (Å²) in [5, 5.41) is 2.58. The fourth-order valence-electron chi connectivity index (χ4n) is 1.93. The van der Waals surface area contributed by atoms with Crippen LogP contribution in [0.5, 0.6) is 0 Å². The lowest BCUT2D eigenvalue weighted by Gasteiger charge is -2.11. The molecule has 0 aliphatic carbocycles. The Morgan fingerprint density at radius 1 is 1.35 bits per heavy atom. The average molecular weight is 277 g/mol.